The fourth-order valence-corrected chi connectivity index (χ4v) is 5.06. The lowest BCUT2D eigenvalue weighted by molar-refractivity contribution is 0.0730. The molecule has 0 radical (unpaired) electrons. The van der Waals surface area contributed by atoms with Gasteiger partial charge in [-0.05, 0) is 38.0 Å². The zero-order valence-electron chi connectivity index (χ0n) is 16.5. The van der Waals surface area contributed by atoms with Gasteiger partial charge < -0.3 is 19.7 Å². The molecule has 0 spiro atoms. The van der Waals surface area contributed by atoms with Crippen molar-refractivity contribution in [2.75, 3.05) is 58.0 Å². The van der Waals surface area contributed by atoms with Gasteiger partial charge in [-0.2, -0.15) is 4.31 Å². The van der Waals surface area contributed by atoms with Crippen LogP contribution in [0.3, 0.4) is 0 Å². The van der Waals surface area contributed by atoms with Crippen molar-refractivity contribution in [2.45, 2.75) is 30.7 Å². The van der Waals surface area contributed by atoms with Crippen molar-refractivity contribution in [1.82, 2.24) is 9.62 Å². The van der Waals surface area contributed by atoms with Crippen LogP contribution in [0.5, 0.6) is 0 Å². The molecule has 0 bridgehead atoms. The van der Waals surface area contributed by atoms with Crippen molar-refractivity contribution in [2.24, 2.45) is 0 Å². The predicted molar refractivity (Wildman–Crippen MR) is 106 cm³/mol. The number of anilines is 1. The van der Waals surface area contributed by atoms with Gasteiger partial charge in [-0.25, -0.2) is 8.42 Å². The summed E-state index contributed by atoms with van der Waals surface area (Å²) in [5.41, 5.74) is 1.17. The average Bonchev–Trinajstić information content (AvgIpc) is 3.23. The SMILES string of the molecule is COC[C@@H](C)NC(=O)c1cc(S(=O)(=O)N2CCOCC2)ccc1N1CCCC1. The second-order valence-corrected chi connectivity index (χ2v) is 9.16. The number of benzene rings is 1. The number of morpholine rings is 1. The Bertz CT molecular complexity index is 787. The molecular weight excluding hydrogens is 382 g/mol. The first kappa shape index (κ1) is 21.0. The van der Waals surface area contributed by atoms with E-state index in [2.05, 4.69) is 10.2 Å². The summed E-state index contributed by atoms with van der Waals surface area (Å²) in [6.45, 7) is 5.37. The zero-order chi connectivity index (χ0) is 20.1. The third kappa shape index (κ3) is 4.65. The number of nitrogens with zero attached hydrogens (tertiary/aromatic N) is 2. The first-order valence-electron chi connectivity index (χ1n) is 9.70. The highest BCUT2D eigenvalue weighted by Gasteiger charge is 2.29. The predicted octanol–water partition coefficient (Wildman–Crippen LogP) is 1.07. The second kappa shape index (κ2) is 9.21. The van der Waals surface area contributed by atoms with E-state index in [-0.39, 0.29) is 16.8 Å². The number of rotatable bonds is 7. The number of carbonyl (C=O) groups excluding carboxylic acids is 1. The Morgan fingerprint density at radius 3 is 2.54 bits per heavy atom. The third-order valence-corrected chi connectivity index (χ3v) is 6.96. The van der Waals surface area contributed by atoms with E-state index < -0.39 is 10.0 Å². The second-order valence-electron chi connectivity index (χ2n) is 7.22. The molecule has 156 valence electrons. The molecule has 1 N–H and O–H groups in total. The van der Waals surface area contributed by atoms with Gasteiger partial charge in [-0.3, -0.25) is 4.79 Å². The molecular formula is C19H29N3O5S. The first-order valence-corrected chi connectivity index (χ1v) is 11.1. The van der Waals surface area contributed by atoms with Crippen LogP contribution in [0.1, 0.15) is 30.1 Å². The maximum Gasteiger partial charge on any atom is 0.253 e. The molecule has 2 aliphatic heterocycles. The van der Waals surface area contributed by atoms with Gasteiger partial charge in [0.05, 0.1) is 30.3 Å². The van der Waals surface area contributed by atoms with E-state index in [9.17, 15) is 13.2 Å². The van der Waals surface area contributed by atoms with E-state index in [4.69, 9.17) is 9.47 Å². The van der Waals surface area contributed by atoms with Gasteiger partial charge in [0, 0.05) is 45.0 Å². The monoisotopic (exact) mass is 411 g/mol. The Morgan fingerprint density at radius 1 is 1.21 bits per heavy atom. The smallest absolute Gasteiger partial charge is 0.253 e. The largest absolute Gasteiger partial charge is 0.383 e. The maximum absolute atomic E-state index is 13.0. The molecule has 28 heavy (non-hydrogen) atoms. The number of amides is 1. The first-order chi connectivity index (χ1) is 13.4. The minimum Gasteiger partial charge on any atom is -0.383 e. The average molecular weight is 412 g/mol. The lowest BCUT2D eigenvalue weighted by atomic mass is 10.1. The molecule has 2 saturated heterocycles. The molecule has 1 atom stereocenters. The Labute approximate surface area is 166 Å². The summed E-state index contributed by atoms with van der Waals surface area (Å²) in [5, 5.41) is 2.90. The number of methoxy groups -OCH3 is 1. The van der Waals surface area contributed by atoms with Gasteiger partial charge in [0.25, 0.3) is 5.91 Å². The summed E-state index contributed by atoms with van der Waals surface area (Å²) in [5.74, 6) is -0.287. The number of hydrogen-bond acceptors (Lipinski definition) is 6. The van der Waals surface area contributed by atoms with Crippen LogP contribution < -0.4 is 10.2 Å². The van der Waals surface area contributed by atoms with Crippen LogP contribution in [0, 0.1) is 0 Å². The van der Waals surface area contributed by atoms with Crippen LogP contribution in [0.2, 0.25) is 0 Å². The number of hydrogen-bond donors (Lipinski definition) is 1. The topological polar surface area (TPSA) is 88.2 Å². The fraction of sp³-hybridized carbons (Fsp3) is 0.632. The highest BCUT2D eigenvalue weighted by Crippen LogP contribution is 2.29. The minimum absolute atomic E-state index is 0.141. The number of ether oxygens (including phenoxy) is 2. The van der Waals surface area contributed by atoms with Crippen LogP contribution in [-0.2, 0) is 19.5 Å². The van der Waals surface area contributed by atoms with Crippen molar-refractivity contribution in [3.05, 3.63) is 23.8 Å². The van der Waals surface area contributed by atoms with Crippen molar-refractivity contribution in [1.29, 1.82) is 0 Å². The molecule has 3 rings (SSSR count). The van der Waals surface area contributed by atoms with Crippen LogP contribution in [-0.4, -0.2) is 77.8 Å². The van der Waals surface area contributed by atoms with E-state index >= 15 is 0 Å². The van der Waals surface area contributed by atoms with E-state index in [0.717, 1.165) is 31.6 Å². The number of nitrogens with one attached hydrogen (secondary N) is 1. The third-order valence-electron chi connectivity index (χ3n) is 5.06. The molecule has 1 aromatic carbocycles. The summed E-state index contributed by atoms with van der Waals surface area (Å²) in [4.78, 5) is 15.2. The molecule has 0 saturated carbocycles. The van der Waals surface area contributed by atoms with Gasteiger partial charge in [-0.1, -0.05) is 0 Å². The normalized spacial score (nSPS) is 19.6. The molecule has 1 amide bonds. The summed E-state index contributed by atoms with van der Waals surface area (Å²) in [6.07, 6.45) is 2.13. The van der Waals surface area contributed by atoms with Crippen molar-refractivity contribution < 1.29 is 22.7 Å². The highest BCUT2D eigenvalue weighted by atomic mass is 32.2. The van der Waals surface area contributed by atoms with Crippen LogP contribution in [0.15, 0.2) is 23.1 Å². The highest BCUT2D eigenvalue weighted by molar-refractivity contribution is 7.89. The summed E-state index contributed by atoms with van der Waals surface area (Å²) < 4.78 is 37.8. The van der Waals surface area contributed by atoms with Gasteiger partial charge in [0.2, 0.25) is 10.0 Å². The molecule has 2 aliphatic rings. The van der Waals surface area contributed by atoms with E-state index in [1.165, 1.54) is 10.4 Å². The molecule has 8 nitrogen and oxygen atoms in total. The van der Waals surface area contributed by atoms with Gasteiger partial charge in [0.1, 0.15) is 0 Å². The van der Waals surface area contributed by atoms with Crippen LogP contribution >= 0.6 is 0 Å². The summed E-state index contributed by atoms with van der Waals surface area (Å²) in [6, 6.07) is 4.69. The lowest BCUT2D eigenvalue weighted by Gasteiger charge is -2.27. The van der Waals surface area contributed by atoms with Gasteiger partial charge in [-0.15, -0.1) is 0 Å². The van der Waals surface area contributed by atoms with Crippen LogP contribution in [0.25, 0.3) is 0 Å². The maximum atomic E-state index is 13.0. The minimum atomic E-state index is -3.67. The molecule has 1 aromatic rings. The van der Waals surface area contributed by atoms with Gasteiger partial charge >= 0.3 is 0 Å². The fourth-order valence-electron chi connectivity index (χ4n) is 3.62. The molecule has 0 unspecified atom stereocenters. The molecule has 2 fully saturated rings. The Morgan fingerprint density at radius 2 is 1.89 bits per heavy atom. The quantitative estimate of drug-likeness (QED) is 0.722. The Balaban J connectivity index is 1.93. The van der Waals surface area contributed by atoms with E-state index in [1.54, 1.807) is 19.2 Å². The summed E-state index contributed by atoms with van der Waals surface area (Å²) >= 11 is 0. The van der Waals surface area contributed by atoms with Crippen molar-refractivity contribution in [3.63, 3.8) is 0 Å². The Hall–Kier alpha value is -1.68. The number of sulfonamides is 1. The van der Waals surface area contributed by atoms with Crippen molar-refractivity contribution >= 4 is 21.6 Å². The Kier molecular flexibility index (Phi) is 6.92. The molecule has 0 aliphatic carbocycles. The van der Waals surface area contributed by atoms with Crippen LogP contribution in [0.4, 0.5) is 5.69 Å². The van der Waals surface area contributed by atoms with E-state index in [1.807, 2.05) is 6.92 Å². The molecule has 9 heteroatoms. The molecule has 2 heterocycles. The summed E-state index contributed by atoms with van der Waals surface area (Å²) in [7, 11) is -2.09. The van der Waals surface area contributed by atoms with Gasteiger partial charge in [0.15, 0.2) is 0 Å². The standard InChI is InChI=1S/C19H29N3O5S/c1-15(14-26-2)20-19(23)17-13-16(5-6-18(17)21-7-3-4-8-21)28(24,25)22-9-11-27-12-10-22/h5-6,13,15H,3-4,7-12,14H2,1-2H3,(H,20,23)/t15-/m1/s1. The molecule has 0 aromatic heterocycles. The van der Waals surface area contributed by atoms with Crippen molar-refractivity contribution in [3.8, 4) is 0 Å². The zero-order valence-corrected chi connectivity index (χ0v) is 17.3. The number of carbonyl (C=O) groups is 1. The van der Waals surface area contributed by atoms with E-state index in [0.29, 0.717) is 38.5 Å². The lowest BCUT2D eigenvalue weighted by Crippen LogP contribution is -2.41.